The summed E-state index contributed by atoms with van der Waals surface area (Å²) in [5, 5.41) is 0.0570. The fourth-order valence-corrected chi connectivity index (χ4v) is 6.62. The van der Waals surface area contributed by atoms with Crippen molar-refractivity contribution in [3.8, 4) is 5.75 Å². The van der Waals surface area contributed by atoms with E-state index in [1.165, 1.54) is 89.3 Å². The number of rotatable bonds is 20. The Bertz CT molecular complexity index is 1370. The summed E-state index contributed by atoms with van der Waals surface area (Å²) in [4.78, 5) is 42.7. The first-order chi connectivity index (χ1) is 22.8. The highest BCUT2D eigenvalue weighted by Crippen LogP contribution is 2.42. The quantitative estimate of drug-likeness (QED) is 0.0811. The van der Waals surface area contributed by atoms with E-state index in [9.17, 15) is 14.4 Å². The van der Waals surface area contributed by atoms with Gasteiger partial charge in [0.2, 0.25) is 12.2 Å². The van der Waals surface area contributed by atoms with Gasteiger partial charge in [-0.05, 0) is 26.5 Å². The Morgan fingerprint density at radius 2 is 1.45 bits per heavy atom. The third-order valence-corrected chi connectivity index (χ3v) is 9.58. The lowest BCUT2D eigenvalue weighted by molar-refractivity contribution is -0.152. The predicted octanol–water partition coefficient (Wildman–Crippen LogP) is 7.76. The minimum absolute atomic E-state index is 0.0570. The van der Waals surface area contributed by atoms with Crippen LogP contribution in [0.5, 0.6) is 5.75 Å². The van der Waals surface area contributed by atoms with Gasteiger partial charge in [-0.1, -0.05) is 96.8 Å². The average molecular weight is 658 g/mol. The molecule has 4 rings (SSSR count). The molecule has 47 heavy (non-hydrogen) atoms. The molecule has 262 valence electrons. The molecule has 0 saturated carbocycles. The van der Waals surface area contributed by atoms with E-state index in [0.717, 1.165) is 32.4 Å². The smallest absolute Gasteiger partial charge is 0.346 e. The number of piperazine rings is 1. The number of nitrogens with zero attached hydrogens (tertiary/aromatic N) is 3. The Morgan fingerprint density at radius 3 is 2.04 bits per heavy atom. The fourth-order valence-electron chi connectivity index (χ4n) is 6.62. The Labute approximate surface area is 279 Å². The van der Waals surface area contributed by atoms with Crippen molar-refractivity contribution in [1.29, 1.82) is 0 Å². The van der Waals surface area contributed by atoms with Crippen molar-refractivity contribution in [2.24, 2.45) is 0 Å². The zero-order valence-corrected chi connectivity index (χ0v) is 29.0. The molecule has 10 heteroatoms. The Hall–Kier alpha value is -3.14. The van der Waals surface area contributed by atoms with Crippen molar-refractivity contribution in [2.75, 3.05) is 51.5 Å². The van der Waals surface area contributed by atoms with Gasteiger partial charge in [0.1, 0.15) is 17.9 Å². The molecule has 0 N–H and O–H groups in total. The summed E-state index contributed by atoms with van der Waals surface area (Å²) in [6.45, 7) is 6.70. The van der Waals surface area contributed by atoms with Gasteiger partial charge < -0.3 is 28.6 Å². The number of pyridine rings is 1. The number of esters is 2. The normalized spacial score (nSPS) is 16.3. The third kappa shape index (κ3) is 10.4. The first-order valence-corrected chi connectivity index (χ1v) is 18.1. The summed E-state index contributed by atoms with van der Waals surface area (Å²) in [6.07, 6.45) is 20.4. The van der Waals surface area contributed by atoms with Gasteiger partial charge >= 0.3 is 11.9 Å². The van der Waals surface area contributed by atoms with Crippen molar-refractivity contribution in [3.05, 3.63) is 33.9 Å². The maximum Gasteiger partial charge on any atom is 0.346 e. The highest BCUT2D eigenvalue weighted by molar-refractivity contribution is 5.98. The van der Waals surface area contributed by atoms with E-state index in [1.54, 1.807) is 4.57 Å². The minimum Gasteiger partial charge on any atom is -0.487 e. The van der Waals surface area contributed by atoms with Crippen molar-refractivity contribution in [2.45, 2.75) is 123 Å². The first kappa shape index (κ1) is 36.7. The Balaban J connectivity index is 1.17. The SMILES string of the molecule is CCCCCCCCCCCCCCCCCC(=O)OCOC(=O)c1cn2c3c(c(N4CCN(C)CC4)c(F)cc3c1=O)OC[C@@H]2C. The van der Waals surface area contributed by atoms with E-state index in [1.807, 2.05) is 18.9 Å². The Morgan fingerprint density at radius 1 is 0.872 bits per heavy atom. The number of benzene rings is 1. The van der Waals surface area contributed by atoms with Crippen LogP contribution in [0, 0.1) is 5.82 Å². The second kappa shape index (κ2) is 19.0. The van der Waals surface area contributed by atoms with Crippen LogP contribution in [0.3, 0.4) is 0 Å². The van der Waals surface area contributed by atoms with Gasteiger partial charge in [-0.3, -0.25) is 9.59 Å². The van der Waals surface area contributed by atoms with Gasteiger partial charge in [-0.15, -0.1) is 0 Å². The molecule has 0 unspecified atom stereocenters. The van der Waals surface area contributed by atoms with E-state index >= 15 is 4.39 Å². The molecule has 1 aromatic heterocycles. The number of ether oxygens (including phenoxy) is 3. The molecule has 1 saturated heterocycles. The molecule has 1 fully saturated rings. The van der Waals surface area contributed by atoms with Gasteiger partial charge in [0.25, 0.3) is 0 Å². The van der Waals surface area contributed by atoms with Crippen LogP contribution in [0.15, 0.2) is 17.1 Å². The van der Waals surface area contributed by atoms with E-state index < -0.39 is 30.0 Å². The molecule has 3 heterocycles. The van der Waals surface area contributed by atoms with Gasteiger partial charge in [-0.2, -0.15) is 0 Å². The van der Waals surface area contributed by atoms with Gasteiger partial charge in [-0.25, -0.2) is 9.18 Å². The van der Waals surface area contributed by atoms with Crippen molar-refractivity contribution >= 4 is 28.5 Å². The number of anilines is 1. The lowest BCUT2D eigenvalue weighted by atomic mass is 10.0. The van der Waals surface area contributed by atoms with Crippen LogP contribution >= 0.6 is 0 Å². The zero-order valence-electron chi connectivity index (χ0n) is 29.0. The van der Waals surface area contributed by atoms with Gasteiger partial charge in [0, 0.05) is 38.8 Å². The zero-order chi connectivity index (χ0) is 33.6. The topological polar surface area (TPSA) is 90.3 Å². The minimum atomic E-state index is -0.913. The molecule has 2 aromatic rings. The van der Waals surface area contributed by atoms with Crippen LogP contribution in [-0.4, -0.2) is 68.0 Å². The lowest BCUT2D eigenvalue weighted by Crippen LogP contribution is -2.45. The van der Waals surface area contributed by atoms with Crippen LogP contribution in [0.4, 0.5) is 10.1 Å². The molecule has 2 aliphatic heterocycles. The number of hydrogen-bond donors (Lipinski definition) is 0. The van der Waals surface area contributed by atoms with Gasteiger partial charge in [0.15, 0.2) is 11.6 Å². The summed E-state index contributed by atoms with van der Waals surface area (Å²) >= 11 is 0. The second-order valence-corrected chi connectivity index (χ2v) is 13.4. The summed E-state index contributed by atoms with van der Waals surface area (Å²) in [5.74, 6) is -1.59. The largest absolute Gasteiger partial charge is 0.487 e. The second-order valence-electron chi connectivity index (χ2n) is 13.4. The molecule has 0 aliphatic carbocycles. The molecule has 1 atom stereocenters. The number of halogens is 1. The standard InChI is InChI=1S/C37H56FN3O6/c1-4-5-6-7-8-9-10-11-12-13-14-15-16-17-18-19-32(42)46-27-47-37(44)30-25-41-28(2)26-45-36-33(41)29(35(30)43)24-31(38)34(36)40-22-20-39(3)21-23-40/h24-25,28H,4-23,26-27H2,1-3H3/t28-/m0/s1. The van der Waals surface area contributed by atoms with Crippen molar-refractivity contribution < 1.29 is 28.2 Å². The maximum atomic E-state index is 15.5. The van der Waals surface area contributed by atoms with E-state index in [2.05, 4.69) is 11.8 Å². The third-order valence-electron chi connectivity index (χ3n) is 9.58. The lowest BCUT2D eigenvalue weighted by Gasteiger charge is -2.37. The molecule has 9 nitrogen and oxygen atoms in total. The number of carbonyl (C=O) groups is 2. The van der Waals surface area contributed by atoms with E-state index in [4.69, 9.17) is 14.2 Å². The number of carbonyl (C=O) groups excluding carboxylic acids is 2. The summed E-state index contributed by atoms with van der Waals surface area (Å²) < 4.78 is 33.6. The van der Waals surface area contributed by atoms with Crippen LogP contribution in [0.25, 0.3) is 10.9 Å². The number of likely N-dealkylation sites (N-methyl/N-ethyl adjacent to an activating group) is 1. The molecule has 0 amide bonds. The van der Waals surface area contributed by atoms with Crippen LogP contribution in [-0.2, 0) is 14.3 Å². The predicted molar refractivity (Wildman–Crippen MR) is 184 cm³/mol. The highest BCUT2D eigenvalue weighted by Gasteiger charge is 2.31. The van der Waals surface area contributed by atoms with Crippen molar-refractivity contribution in [1.82, 2.24) is 9.47 Å². The number of unbranched alkanes of at least 4 members (excludes halogenated alkanes) is 14. The Kier molecular flexibility index (Phi) is 14.8. The molecular weight excluding hydrogens is 601 g/mol. The van der Waals surface area contributed by atoms with Gasteiger partial charge in [0.05, 0.1) is 16.9 Å². The van der Waals surface area contributed by atoms with E-state index in [-0.39, 0.29) is 30.0 Å². The van der Waals surface area contributed by atoms with Crippen molar-refractivity contribution in [3.63, 3.8) is 0 Å². The molecule has 0 radical (unpaired) electrons. The van der Waals surface area contributed by atoms with Crippen LogP contribution in [0.1, 0.15) is 133 Å². The number of aromatic nitrogens is 1. The number of hydrogen-bond acceptors (Lipinski definition) is 8. The summed E-state index contributed by atoms with van der Waals surface area (Å²) in [7, 11) is 2.02. The fraction of sp³-hybridized carbons (Fsp3) is 0.703. The van der Waals surface area contributed by atoms with Crippen LogP contribution < -0.4 is 15.1 Å². The molecule has 1 aromatic carbocycles. The summed E-state index contributed by atoms with van der Waals surface area (Å²) in [6, 6.07) is 0.997. The summed E-state index contributed by atoms with van der Waals surface area (Å²) in [5.41, 5.74) is -0.0620. The average Bonchev–Trinajstić information content (AvgIpc) is 3.06. The maximum absolute atomic E-state index is 15.5. The molecule has 2 aliphatic rings. The molecular formula is C37H56FN3O6. The monoisotopic (exact) mass is 657 g/mol. The van der Waals surface area contributed by atoms with Crippen LogP contribution in [0.2, 0.25) is 0 Å². The first-order valence-electron chi connectivity index (χ1n) is 18.1. The molecule has 0 spiro atoms. The van der Waals surface area contributed by atoms with E-state index in [0.29, 0.717) is 30.0 Å². The molecule has 0 bridgehead atoms. The highest BCUT2D eigenvalue weighted by atomic mass is 19.1.